The second kappa shape index (κ2) is 13.5. The number of carbonyl (C=O) groups excluding carboxylic acids is 6. The van der Waals surface area contributed by atoms with Gasteiger partial charge in [-0.3, -0.25) is 24.0 Å². The number of ether oxygens (including phenoxy) is 6. The molecule has 0 N–H and O–H groups in total. The number of carbonyl (C=O) groups is 6. The van der Waals surface area contributed by atoms with Crippen LogP contribution in [0.5, 0.6) is 0 Å². The van der Waals surface area contributed by atoms with Gasteiger partial charge in [-0.1, -0.05) is 18.2 Å². The lowest BCUT2D eigenvalue weighted by atomic mass is 10.0. The molecule has 0 bridgehead atoms. The van der Waals surface area contributed by atoms with Gasteiger partial charge in [0, 0.05) is 40.2 Å². The lowest BCUT2D eigenvalue weighted by Crippen LogP contribution is -2.53. The molecular weight excluding hydrogens is 506 g/mol. The molecule has 0 unspecified atom stereocenters. The molecule has 1 fully saturated rings. The number of methoxy groups -OCH3 is 1. The summed E-state index contributed by atoms with van der Waals surface area (Å²) >= 11 is 0. The van der Waals surface area contributed by atoms with Crippen LogP contribution in [0.15, 0.2) is 24.3 Å². The highest BCUT2D eigenvalue weighted by molar-refractivity contribution is 5.91. The number of rotatable bonds is 10. The number of hydrogen-bond donors (Lipinski definition) is 0. The van der Waals surface area contributed by atoms with E-state index in [0.717, 1.165) is 27.7 Å². The normalized spacial score (nSPS) is 18.9. The maximum atomic E-state index is 12.6. The highest BCUT2D eigenvalue weighted by Crippen LogP contribution is 2.36. The van der Waals surface area contributed by atoms with Crippen LogP contribution >= 0.6 is 0 Å². The van der Waals surface area contributed by atoms with Crippen LogP contribution in [0.1, 0.15) is 56.8 Å². The van der Waals surface area contributed by atoms with E-state index in [9.17, 15) is 28.8 Å². The molecule has 1 aliphatic rings. The van der Waals surface area contributed by atoms with Crippen LogP contribution in [0.3, 0.4) is 0 Å². The van der Waals surface area contributed by atoms with Gasteiger partial charge in [-0.25, -0.2) is 4.79 Å². The molecule has 208 valence electrons. The van der Waals surface area contributed by atoms with Crippen LogP contribution < -0.4 is 0 Å². The maximum absolute atomic E-state index is 12.6. The zero-order chi connectivity index (χ0) is 28.6. The minimum absolute atomic E-state index is 0.139. The first-order valence-corrected chi connectivity index (χ1v) is 11.6. The van der Waals surface area contributed by atoms with Gasteiger partial charge in [-0.15, -0.1) is 0 Å². The largest absolute Gasteiger partial charge is 0.465 e. The van der Waals surface area contributed by atoms with Gasteiger partial charge in [0.1, 0.15) is 12.7 Å². The highest BCUT2D eigenvalue weighted by atomic mass is 16.6. The molecule has 13 nitrogen and oxygen atoms in total. The van der Waals surface area contributed by atoms with Crippen molar-refractivity contribution in [3.05, 3.63) is 35.4 Å². The van der Waals surface area contributed by atoms with Gasteiger partial charge >= 0.3 is 29.8 Å². The first-order chi connectivity index (χ1) is 17.8. The van der Waals surface area contributed by atoms with Gasteiger partial charge in [-0.2, -0.15) is 0 Å². The monoisotopic (exact) mass is 537 g/mol. The molecule has 1 amide bonds. The van der Waals surface area contributed by atoms with Crippen LogP contribution in [0.4, 0.5) is 0 Å². The second-order valence-electron chi connectivity index (χ2n) is 8.38. The highest BCUT2D eigenvalue weighted by Gasteiger charge is 2.49. The molecule has 13 heteroatoms. The number of esters is 5. The first kappa shape index (κ1) is 30.2. The molecule has 0 aliphatic carbocycles. The molecule has 38 heavy (non-hydrogen) atoms. The Labute approximate surface area is 219 Å². The van der Waals surface area contributed by atoms with Gasteiger partial charge in [0.15, 0.2) is 24.5 Å². The van der Waals surface area contributed by atoms with Crippen molar-refractivity contribution in [3.63, 3.8) is 0 Å². The van der Waals surface area contributed by atoms with Gasteiger partial charge < -0.3 is 33.3 Å². The van der Waals surface area contributed by atoms with Crippen molar-refractivity contribution in [2.75, 3.05) is 20.3 Å². The molecule has 5 atom stereocenters. The summed E-state index contributed by atoms with van der Waals surface area (Å²) in [6.45, 7) is 5.01. The second-order valence-corrected chi connectivity index (χ2v) is 8.38. The van der Waals surface area contributed by atoms with E-state index in [1.807, 2.05) is 0 Å². The minimum atomic E-state index is -1.49. The lowest BCUT2D eigenvalue weighted by Gasteiger charge is -2.34. The molecule has 0 aromatic heterocycles. The number of hydrogen-bond acceptors (Lipinski definition) is 12. The third-order valence-corrected chi connectivity index (χ3v) is 5.43. The fraction of sp³-hybridized carbons (Fsp3) is 0.520. The van der Waals surface area contributed by atoms with Crippen molar-refractivity contribution in [2.24, 2.45) is 0 Å². The SMILES string of the molecule is COC(=O)c1ccccc1[C@H]1O[C@H]([C@@H](OC(C)=O)[C@H](OC(C)=O)[C@@H](COC(C)=O)OC(C)=O)CN1C(C)=O. The summed E-state index contributed by atoms with van der Waals surface area (Å²) in [5.41, 5.74) is 0.444. The summed E-state index contributed by atoms with van der Waals surface area (Å²) in [4.78, 5) is 73.7. The van der Waals surface area contributed by atoms with Crippen LogP contribution in [0.25, 0.3) is 0 Å². The molecule has 1 saturated heterocycles. The zero-order valence-corrected chi connectivity index (χ0v) is 22.0. The summed E-state index contributed by atoms with van der Waals surface area (Å²) in [5.74, 6) is -4.20. The Morgan fingerprint density at radius 3 is 2.03 bits per heavy atom. The Morgan fingerprint density at radius 2 is 1.50 bits per heavy atom. The van der Waals surface area contributed by atoms with Crippen molar-refractivity contribution < 1.29 is 57.2 Å². The fourth-order valence-corrected chi connectivity index (χ4v) is 4.00. The molecule has 1 aliphatic heterocycles. The Balaban J connectivity index is 2.56. The Hall–Kier alpha value is -4.00. The van der Waals surface area contributed by atoms with Gasteiger partial charge in [0.05, 0.1) is 19.2 Å². The average Bonchev–Trinajstić information content (AvgIpc) is 3.28. The van der Waals surface area contributed by atoms with Crippen molar-refractivity contribution in [1.82, 2.24) is 4.90 Å². The van der Waals surface area contributed by atoms with Crippen molar-refractivity contribution in [2.45, 2.75) is 65.3 Å². The molecule has 2 rings (SSSR count). The van der Waals surface area contributed by atoms with Crippen LogP contribution in [0.2, 0.25) is 0 Å². The molecule has 0 saturated carbocycles. The van der Waals surface area contributed by atoms with Crippen LogP contribution in [0, 0.1) is 0 Å². The molecular formula is C25H31NO12. The van der Waals surface area contributed by atoms with Crippen molar-refractivity contribution in [3.8, 4) is 0 Å². The predicted molar refractivity (Wildman–Crippen MR) is 126 cm³/mol. The van der Waals surface area contributed by atoms with E-state index < -0.39 is 73.0 Å². The minimum Gasteiger partial charge on any atom is -0.465 e. The molecule has 1 aromatic carbocycles. The number of nitrogens with zero attached hydrogens (tertiary/aromatic N) is 1. The Morgan fingerprint density at radius 1 is 0.895 bits per heavy atom. The maximum Gasteiger partial charge on any atom is 0.338 e. The molecule has 0 spiro atoms. The average molecular weight is 538 g/mol. The van der Waals surface area contributed by atoms with E-state index in [2.05, 4.69) is 0 Å². The Kier molecular flexibility index (Phi) is 10.8. The summed E-state index contributed by atoms with van der Waals surface area (Å²) in [6, 6.07) is 6.31. The van der Waals surface area contributed by atoms with E-state index in [1.165, 1.54) is 25.0 Å². The van der Waals surface area contributed by atoms with Gasteiger partial charge in [0.2, 0.25) is 5.91 Å². The lowest BCUT2D eigenvalue weighted by molar-refractivity contribution is -0.200. The quantitative estimate of drug-likeness (QED) is 0.309. The molecule has 1 heterocycles. The standard InChI is InChI=1S/C25H31NO12/c1-13(27)26-11-20(38-24(26)18-9-7-8-10-19(18)25(32)33-6)22(36-16(4)30)23(37-17(5)31)21(35-15(3)29)12-34-14(2)28/h7-10,20-24H,11-12H2,1-6H3/t20-,21+,22+,23+,24+/m0/s1. The summed E-state index contributed by atoms with van der Waals surface area (Å²) in [7, 11) is 1.21. The van der Waals surface area contributed by atoms with Crippen molar-refractivity contribution >= 4 is 35.8 Å². The van der Waals surface area contributed by atoms with E-state index in [1.54, 1.807) is 18.2 Å². The number of benzene rings is 1. The van der Waals surface area contributed by atoms with Gasteiger partial charge in [0.25, 0.3) is 0 Å². The Bertz CT molecular complexity index is 1070. The fourth-order valence-electron chi connectivity index (χ4n) is 4.00. The predicted octanol–water partition coefficient (Wildman–Crippen LogP) is 1.08. The van der Waals surface area contributed by atoms with Crippen molar-refractivity contribution in [1.29, 1.82) is 0 Å². The summed E-state index contributed by atoms with van der Waals surface area (Å²) < 4.78 is 32.1. The smallest absolute Gasteiger partial charge is 0.338 e. The van der Waals surface area contributed by atoms with Gasteiger partial charge in [-0.05, 0) is 6.07 Å². The zero-order valence-electron chi connectivity index (χ0n) is 22.0. The number of amides is 1. The summed E-state index contributed by atoms with van der Waals surface area (Å²) in [5, 5.41) is 0. The topological polar surface area (TPSA) is 161 Å². The van der Waals surface area contributed by atoms with Crippen LogP contribution in [-0.2, 0) is 52.4 Å². The molecule has 0 radical (unpaired) electrons. The molecule has 1 aromatic rings. The van der Waals surface area contributed by atoms with Crippen LogP contribution in [-0.4, -0.2) is 85.3 Å². The van der Waals surface area contributed by atoms with E-state index in [0.29, 0.717) is 5.56 Å². The van der Waals surface area contributed by atoms with E-state index >= 15 is 0 Å². The third-order valence-electron chi connectivity index (χ3n) is 5.43. The third kappa shape index (κ3) is 8.00. The first-order valence-electron chi connectivity index (χ1n) is 11.6. The summed E-state index contributed by atoms with van der Waals surface area (Å²) in [6.07, 6.45) is -6.54. The van der Waals surface area contributed by atoms with E-state index in [4.69, 9.17) is 28.4 Å². The van der Waals surface area contributed by atoms with E-state index in [-0.39, 0.29) is 12.1 Å².